The van der Waals surface area contributed by atoms with Crippen LogP contribution in [0.3, 0.4) is 0 Å². The lowest BCUT2D eigenvalue weighted by molar-refractivity contribution is -0.134. The van der Waals surface area contributed by atoms with E-state index in [0.717, 1.165) is 12.8 Å². The number of hydrogen-bond acceptors (Lipinski definition) is 6. The van der Waals surface area contributed by atoms with Gasteiger partial charge in [0.2, 0.25) is 5.91 Å². The summed E-state index contributed by atoms with van der Waals surface area (Å²) in [5.41, 5.74) is 6.92. The molecule has 0 aromatic carbocycles. The molecule has 3 heterocycles. The summed E-state index contributed by atoms with van der Waals surface area (Å²) in [6.45, 7) is 4.24. The van der Waals surface area contributed by atoms with E-state index in [4.69, 9.17) is 5.73 Å². The van der Waals surface area contributed by atoms with E-state index in [9.17, 15) is 4.79 Å². The number of carbonyl (C=O) groups excluding carboxylic acids is 1. The van der Waals surface area contributed by atoms with Gasteiger partial charge in [0.05, 0.1) is 5.75 Å². The maximum Gasteiger partial charge on any atom is 0.233 e. The summed E-state index contributed by atoms with van der Waals surface area (Å²) < 4.78 is 0. The number of thioether (sulfide) groups is 1. The van der Waals surface area contributed by atoms with Gasteiger partial charge in [0.15, 0.2) is 16.6 Å². The van der Waals surface area contributed by atoms with E-state index >= 15 is 0 Å². The number of amides is 1. The van der Waals surface area contributed by atoms with E-state index in [1.54, 1.807) is 0 Å². The number of carbonyl (C=O) groups is 1. The second-order valence-corrected chi connectivity index (χ2v) is 6.68. The van der Waals surface area contributed by atoms with E-state index in [0.29, 0.717) is 40.0 Å². The lowest BCUT2D eigenvalue weighted by Gasteiger charge is -2.39. The highest BCUT2D eigenvalue weighted by molar-refractivity contribution is 7.99. The van der Waals surface area contributed by atoms with Crippen LogP contribution in [-0.4, -0.2) is 48.6 Å². The van der Waals surface area contributed by atoms with E-state index in [-0.39, 0.29) is 5.91 Å². The van der Waals surface area contributed by atoms with Crippen molar-refractivity contribution in [1.82, 2.24) is 24.8 Å². The molecular formula is C14H20N6OS. The number of nitrogens with two attached hydrogens (primary N) is 1. The Morgan fingerprint density at radius 3 is 2.82 bits per heavy atom. The molecule has 3 N–H and O–H groups in total. The lowest BCUT2D eigenvalue weighted by atomic mass is 9.98. The number of aromatic nitrogens is 4. The molecule has 0 spiro atoms. The summed E-state index contributed by atoms with van der Waals surface area (Å²) in [7, 11) is 0. The first kappa shape index (κ1) is 15.1. The van der Waals surface area contributed by atoms with Crippen molar-refractivity contribution in [2.75, 3.05) is 11.5 Å². The van der Waals surface area contributed by atoms with E-state index in [2.05, 4.69) is 33.8 Å². The zero-order valence-electron chi connectivity index (χ0n) is 12.7. The molecule has 0 aliphatic carbocycles. The number of hydrogen-bond donors (Lipinski definition) is 2. The Morgan fingerprint density at radius 2 is 2.14 bits per heavy atom. The van der Waals surface area contributed by atoms with Crippen molar-refractivity contribution in [3.8, 4) is 0 Å². The van der Waals surface area contributed by atoms with E-state index in [1.165, 1.54) is 24.5 Å². The first-order chi connectivity index (χ1) is 10.6. The predicted octanol–water partition coefficient (Wildman–Crippen LogP) is 1.82. The first-order valence-electron chi connectivity index (χ1n) is 7.46. The van der Waals surface area contributed by atoms with Crippen LogP contribution < -0.4 is 5.73 Å². The van der Waals surface area contributed by atoms with Crippen molar-refractivity contribution in [2.24, 2.45) is 0 Å². The second-order valence-electron chi connectivity index (χ2n) is 5.72. The van der Waals surface area contributed by atoms with Crippen molar-refractivity contribution in [3.63, 3.8) is 0 Å². The monoisotopic (exact) mass is 320 g/mol. The number of fused-ring (bicyclic) bond motifs is 1. The Morgan fingerprint density at radius 1 is 1.41 bits per heavy atom. The second kappa shape index (κ2) is 6.12. The highest BCUT2D eigenvalue weighted by atomic mass is 32.2. The zero-order chi connectivity index (χ0) is 15.7. The van der Waals surface area contributed by atoms with Crippen LogP contribution in [0.5, 0.6) is 0 Å². The number of nitrogens with one attached hydrogen (secondary N) is 1. The van der Waals surface area contributed by atoms with E-state index in [1.807, 2.05) is 4.90 Å². The van der Waals surface area contributed by atoms with Crippen LogP contribution in [0.15, 0.2) is 11.5 Å². The maximum absolute atomic E-state index is 12.5. The number of imidazole rings is 1. The van der Waals surface area contributed by atoms with Crippen LogP contribution in [0.4, 0.5) is 5.82 Å². The average molecular weight is 320 g/mol. The normalized spacial score (nSPS) is 22.2. The van der Waals surface area contributed by atoms with Crippen LogP contribution in [0, 0.1) is 0 Å². The molecule has 0 unspecified atom stereocenters. The number of anilines is 1. The molecule has 7 nitrogen and oxygen atoms in total. The molecule has 1 saturated heterocycles. The molecule has 2 aromatic rings. The topological polar surface area (TPSA) is 101 Å². The molecule has 0 saturated carbocycles. The highest BCUT2D eigenvalue weighted by Gasteiger charge is 2.28. The Labute approximate surface area is 133 Å². The van der Waals surface area contributed by atoms with Gasteiger partial charge in [-0.1, -0.05) is 11.8 Å². The van der Waals surface area contributed by atoms with Gasteiger partial charge in [-0.25, -0.2) is 15.0 Å². The van der Waals surface area contributed by atoms with Crippen molar-refractivity contribution in [1.29, 1.82) is 0 Å². The fourth-order valence-corrected chi connectivity index (χ4v) is 3.75. The molecule has 2 aromatic heterocycles. The Hall–Kier alpha value is -1.83. The Bertz CT molecular complexity index is 677. The number of H-pyrrole nitrogens is 1. The summed E-state index contributed by atoms with van der Waals surface area (Å²) >= 11 is 1.38. The lowest BCUT2D eigenvalue weighted by Crippen LogP contribution is -2.48. The molecule has 0 radical (unpaired) electrons. The maximum atomic E-state index is 12.5. The van der Waals surface area contributed by atoms with Crippen LogP contribution in [0.25, 0.3) is 11.2 Å². The molecule has 1 aliphatic heterocycles. The Balaban J connectivity index is 1.68. The molecule has 3 rings (SSSR count). The minimum atomic E-state index is 0.157. The van der Waals surface area contributed by atoms with Gasteiger partial charge in [-0.05, 0) is 33.1 Å². The number of piperidine rings is 1. The van der Waals surface area contributed by atoms with Gasteiger partial charge in [-0.3, -0.25) is 4.79 Å². The van der Waals surface area contributed by atoms with Gasteiger partial charge in [-0.2, -0.15) is 0 Å². The molecule has 8 heteroatoms. The third-order valence-electron chi connectivity index (χ3n) is 4.11. The number of nitrogen functional groups attached to an aromatic ring is 1. The smallest absolute Gasteiger partial charge is 0.233 e. The number of rotatable bonds is 3. The minimum Gasteiger partial charge on any atom is -0.382 e. The van der Waals surface area contributed by atoms with Gasteiger partial charge < -0.3 is 15.6 Å². The SMILES string of the molecule is C[C@H]1CCC[C@H](C)N1C(=O)CSc1nc2ncnc(N)c2[nH]1. The van der Waals surface area contributed by atoms with Crippen molar-refractivity contribution in [3.05, 3.63) is 6.33 Å². The van der Waals surface area contributed by atoms with E-state index < -0.39 is 0 Å². The van der Waals surface area contributed by atoms with Crippen molar-refractivity contribution >= 4 is 34.7 Å². The summed E-state index contributed by atoms with van der Waals surface area (Å²) in [6.07, 6.45) is 4.74. The molecule has 1 amide bonds. The average Bonchev–Trinajstić information content (AvgIpc) is 2.89. The van der Waals surface area contributed by atoms with Gasteiger partial charge in [-0.15, -0.1) is 0 Å². The molecule has 1 aliphatic rings. The molecular weight excluding hydrogens is 300 g/mol. The van der Waals surface area contributed by atoms with Gasteiger partial charge in [0, 0.05) is 12.1 Å². The van der Waals surface area contributed by atoms with Crippen molar-refractivity contribution < 1.29 is 4.79 Å². The van der Waals surface area contributed by atoms with Crippen LogP contribution >= 0.6 is 11.8 Å². The van der Waals surface area contributed by atoms with Crippen LogP contribution in [0.2, 0.25) is 0 Å². The predicted molar refractivity (Wildman–Crippen MR) is 86.4 cm³/mol. The molecule has 0 bridgehead atoms. The number of nitrogens with zero attached hydrogens (tertiary/aromatic N) is 4. The molecule has 118 valence electrons. The van der Waals surface area contributed by atoms with Crippen molar-refractivity contribution in [2.45, 2.75) is 50.4 Å². The minimum absolute atomic E-state index is 0.157. The molecule has 1 fully saturated rings. The molecule has 2 atom stereocenters. The zero-order valence-corrected chi connectivity index (χ0v) is 13.6. The standard InChI is InChI=1S/C14H20N6OS/c1-8-4-3-5-9(2)20(8)10(21)6-22-14-18-11-12(15)16-7-17-13(11)19-14/h7-9H,3-6H2,1-2H3,(H3,15,16,17,18,19)/t8-,9-/m0/s1. The first-order valence-corrected chi connectivity index (χ1v) is 8.45. The fraction of sp³-hybridized carbons (Fsp3) is 0.571. The largest absolute Gasteiger partial charge is 0.382 e. The Kier molecular flexibility index (Phi) is 4.19. The molecule has 22 heavy (non-hydrogen) atoms. The van der Waals surface area contributed by atoms with Gasteiger partial charge in [0.25, 0.3) is 0 Å². The van der Waals surface area contributed by atoms with Crippen LogP contribution in [0.1, 0.15) is 33.1 Å². The third kappa shape index (κ3) is 2.87. The van der Waals surface area contributed by atoms with Gasteiger partial charge in [0.1, 0.15) is 11.8 Å². The fourth-order valence-electron chi connectivity index (χ4n) is 3.01. The summed E-state index contributed by atoms with van der Waals surface area (Å²) in [5.74, 6) is 0.889. The van der Waals surface area contributed by atoms with Gasteiger partial charge >= 0.3 is 0 Å². The number of aromatic amines is 1. The number of likely N-dealkylation sites (tertiary alicyclic amines) is 1. The third-order valence-corrected chi connectivity index (χ3v) is 4.97. The summed E-state index contributed by atoms with van der Waals surface area (Å²) in [6, 6.07) is 0.628. The quantitative estimate of drug-likeness (QED) is 0.837. The summed E-state index contributed by atoms with van der Waals surface area (Å²) in [4.78, 5) is 29.9. The highest BCUT2D eigenvalue weighted by Crippen LogP contribution is 2.25. The summed E-state index contributed by atoms with van der Waals surface area (Å²) in [5, 5.41) is 0.646. The van der Waals surface area contributed by atoms with Crippen LogP contribution in [-0.2, 0) is 4.79 Å².